The van der Waals surface area contributed by atoms with E-state index in [1.807, 2.05) is 24.3 Å². The zero-order chi connectivity index (χ0) is 21.3. The number of likely N-dealkylation sites (N-methyl/N-ethyl adjacent to an activating group) is 1. The van der Waals surface area contributed by atoms with Crippen molar-refractivity contribution < 1.29 is 14.5 Å². The molecule has 0 unspecified atom stereocenters. The van der Waals surface area contributed by atoms with Crippen molar-refractivity contribution in [3.8, 4) is 5.75 Å². The Labute approximate surface area is 173 Å². The van der Waals surface area contributed by atoms with Gasteiger partial charge in [-0.25, -0.2) is 0 Å². The van der Waals surface area contributed by atoms with Crippen LogP contribution in [0.25, 0.3) is 10.9 Å². The number of methoxy groups -OCH3 is 1. The molecule has 1 aliphatic heterocycles. The number of rotatable bonds is 5. The molecule has 0 fully saturated rings. The van der Waals surface area contributed by atoms with E-state index in [4.69, 9.17) is 9.72 Å². The number of hydrogen-bond acceptors (Lipinski definition) is 6. The van der Waals surface area contributed by atoms with Crippen LogP contribution in [0.15, 0.2) is 42.5 Å². The van der Waals surface area contributed by atoms with Gasteiger partial charge in [-0.1, -0.05) is 25.1 Å². The number of hydrogen-bond donors (Lipinski definition) is 1. The molecule has 0 atom stereocenters. The Hall–Kier alpha value is -3.52. The number of nitro groups is 1. The number of para-hydroxylation sites is 1. The molecule has 0 bridgehead atoms. The minimum atomic E-state index is -0.530. The number of ether oxygens (including phenoxy) is 1. The second kappa shape index (κ2) is 8.08. The molecular formula is C22H22N4O4. The average molecular weight is 406 g/mol. The number of nitro benzene ring substituents is 1. The fraction of sp³-hybridized carbons (Fsp3) is 0.273. The summed E-state index contributed by atoms with van der Waals surface area (Å²) in [6, 6.07) is 12.0. The third kappa shape index (κ3) is 3.57. The molecule has 1 amide bonds. The van der Waals surface area contributed by atoms with E-state index < -0.39 is 4.92 Å². The monoisotopic (exact) mass is 406 g/mol. The summed E-state index contributed by atoms with van der Waals surface area (Å²) in [5.41, 5.74) is 3.34. The van der Waals surface area contributed by atoms with Crippen LogP contribution in [-0.2, 0) is 13.0 Å². The van der Waals surface area contributed by atoms with Crippen molar-refractivity contribution in [1.82, 2.24) is 9.88 Å². The predicted octanol–water partition coefficient (Wildman–Crippen LogP) is 3.78. The molecule has 1 N–H and O–H groups in total. The van der Waals surface area contributed by atoms with Crippen LogP contribution in [0.1, 0.15) is 28.5 Å². The molecule has 1 aliphatic rings. The molecule has 0 spiro atoms. The van der Waals surface area contributed by atoms with Gasteiger partial charge in [-0.15, -0.1) is 0 Å². The average Bonchev–Trinajstić information content (AvgIpc) is 2.76. The normalized spacial score (nSPS) is 13.7. The highest BCUT2D eigenvalue weighted by atomic mass is 16.6. The molecule has 2 aromatic carbocycles. The van der Waals surface area contributed by atoms with E-state index >= 15 is 0 Å². The molecule has 0 radical (unpaired) electrons. The topological polar surface area (TPSA) is 97.6 Å². The molecule has 4 rings (SSSR count). The fourth-order valence-corrected chi connectivity index (χ4v) is 3.88. The number of anilines is 1. The van der Waals surface area contributed by atoms with Crippen molar-refractivity contribution in [2.24, 2.45) is 0 Å². The third-order valence-corrected chi connectivity index (χ3v) is 5.43. The fourth-order valence-electron chi connectivity index (χ4n) is 3.88. The predicted molar refractivity (Wildman–Crippen MR) is 114 cm³/mol. The highest BCUT2D eigenvalue weighted by molar-refractivity contribution is 6.13. The lowest BCUT2D eigenvalue weighted by Gasteiger charge is -2.29. The quantitative estimate of drug-likeness (QED) is 0.511. The second-order valence-electron chi connectivity index (χ2n) is 7.15. The summed E-state index contributed by atoms with van der Waals surface area (Å²) in [6.45, 7) is 4.53. The number of benzene rings is 2. The van der Waals surface area contributed by atoms with Gasteiger partial charge < -0.3 is 10.1 Å². The first-order valence-electron chi connectivity index (χ1n) is 9.78. The minimum absolute atomic E-state index is 0.142. The number of pyridine rings is 1. The van der Waals surface area contributed by atoms with E-state index in [0.29, 0.717) is 17.8 Å². The number of fused-ring (bicyclic) bond motifs is 2. The van der Waals surface area contributed by atoms with E-state index in [1.165, 1.54) is 19.2 Å². The Morgan fingerprint density at radius 2 is 2.10 bits per heavy atom. The van der Waals surface area contributed by atoms with Gasteiger partial charge in [-0.05, 0) is 24.7 Å². The highest BCUT2D eigenvalue weighted by Gasteiger charge is 2.26. The molecule has 30 heavy (non-hydrogen) atoms. The van der Waals surface area contributed by atoms with Crippen molar-refractivity contribution in [3.05, 3.63) is 69.4 Å². The van der Waals surface area contributed by atoms with Gasteiger partial charge in [0.15, 0.2) is 5.75 Å². The van der Waals surface area contributed by atoms with Gasteiger partial charge >= 0.3 is 5.69 Å². The molecular weight excluding hydrogens is 384 g/mol. The summed E-state index contributed by atoms with van der Waals surface area (Å²) in [5.74, 6) is -0.161. The maximum Gasteiger partial charge on any atom is 0.312 e. The lowest BCUT2D eigenvalue weighted by atomic mass is 9.95. The summed E-state index contributed by atoms with van der Waals surface area (Å²) >= 11 is 0. The van der Waals surface area contributed by atoms with Crippen molar-refractivity contribution in [2.75, 3.05) is 25.5 Å². The van der Waals surface area contributed by atoms with Crippen molar-refractivity contribution in [2.45, 2.75) is 19.9 Å². The Bertz CT molecular complexity index is 1150. The zero-order valence-electron chi connectivity index (χ0n) is 16.8. The highest BCUT2D eigenvalue weighted by Crippen LogP contribution is 2.32. The largest absolute Gasteiger partial charge is 0.490 e. The van der Waals surface area contributed by atoms with Gasteiger partial charge in [0, 0.05) is 47.9 Å². The molecule has 8 nitrogen and oxygen atoms in total. The minimum Gasteiger partial charge on any atom is -0.490 e. The Morgan fingerprint density at radius 1 is 1.30 bits per heavy atom. The molecule has 1 aromatic heterocycles. The first-order valence-corrected chi connectivity index (χ1v) is 9.78. The Morgan fingerprint density at radius 3 is 2.83 bits per heavy atom. The summed E-state index contributed by atoms with van der Waals surface area (Å²) < 4.78 is 5.04. The number of carbonyl (C=O) groups excluding carboxylic acids is 1. The third-order valence-electron chi connectivity index (χ3n) is 5.43. The Balaban J connectivity index is 1.78. The van der Waals surface area contributed by atoms with Gasteiger partial charge in [0.05, 0.1) is 23.1 Å². The van der Waals surface area contributed by atoms with Crippen LogP contribution in [0.2, 0.25) is 0 Å². The van der Waals surface area contributed by atoms with Crippen LogP contribution in [0.5, 0.6) is 5.75 Å². The molecule has 0 saturated carbocycles. The number of nitrogens with one attached hydrogen (secondary N) is 1. The first-order chi connectivity index (χ1) is 14.5. The van der Waals surface area contributed by atoms with Gasteiger partial charge in [-0.2, -0.15) is 0 Å². The van der Waals surface area contributed by atoms with Crippen LogP contribution >= 0.6 is 0 Å². The van der Waals surface area contributed by atoms with E-state index in [0.717, 1.165) is 41.7 Å². The molecule has 0 saturated heterocycles. The van der Waals surface area contributed by atoms with Crippen LogP contribution in [0, 0.1) is 10.1 Å². The second-order valence-corrected chi connectivity index (χ2v) is 7.15. The van der Waals surface area contributed by atoms with Gasteiger partial charge in [-0.3, -0.25) is 24.8 Å². The van der Waals surface area contributed by atoms with Crippen LogP contribution in [0.3, 0.4) is 0 Å². The zero-order valence-corrected chi connectivity index (χ0v) is 16.8. The number of aromatic nitrogens is 1. The standard InChI is InChI=1S/C22H22N4O4/c1-3-25-11-10-18-16(13-25)21(15-6-4-5-7-17(15)24-18)22(27)23-14-8-9-20(30-2)19(12-14)26(28)29/h4-9,12H,3,10-11,13H2,1-2H3,(H,23,27). The van der Waals surface area contributed by atoms with Crippen LogP contribution in [0.4, 0.5) is 11.4 Å². The lowest BCUT2D eigenvalue weighted by molar-refractivity contribution is -0.385. The summed E-state index contributed by atoms with van der Waals surface area (Å²) in [5, 5.41) is 14.9. The van der Waals surface area contributed by atoms with Gasteiger partial charge in [0.1, 0.15) is 0 Å². The summed E-state index contributed by atoms with van der Waals surface area (Å²) in [7, 11) is 1.37. The first kappa shape index (κ1) is 19.8. The summed E-state index contributed by atoms with van der Waals surface area (Å²) in [4.78, 5) is 31.2. The smallest absolute Gasteiger partial charge is 0.312 e. The molecule has 3 aromatic rings. The van der Waals surface area contributed by atoms with Gasteiger partial charge in [0.2, 0.25) is 0 Å². The summed E-state index contributed by atoms with van der Waals surface area (Å²) in [6.07, 6.45) is 0.780. The van der Waals surface area contributed by atoms with Crippen molar-refractivity contribution >= 4 is 28.2 Å². The SMILES string of the molecule is CCN1CCc2nc3ccccc3c(C(=O)Nc3ccc(OC)c([N+](=O)[O-])c3)c2C1. The van der Waals surface area contributed by atoms with Crippen molar-refractivity contribution in [1.29, 1.82) is 0 Å². The lowest BCUT2D eigenvalue weighted by Crippen LogP contribution is -2.33. The number of carbonyl (C=O) groups is 1. The molecule has 8 heteroatoms. The van der Waals surface area contributed by atoms with Gasteiger partial charge in [0.25, 0.3) is 5.91 Å². The number of amides is 1. The number of nitrogens with zero attached hydrogens (tertiary/aromatic N) is 3. The van der Waals surface area contributed by atoms with E-state index in [-0.39, 0.29) is 17.3 Å². The Kier molecular flexibility index (Phi) is 5.33. The molecule has 2 heterocycles. The molecule has 154 valence electrons. The van der Waals surface area contributed by atoms with Crippen LogP contribution < -0.4 is 10.1 Å². The van der Waals surface area contributed by atoms with E-state index in [2.05, 4.69) is 17.1 Å². The van der Waals surface area contributed by atoms with Crippen LogP contribution in [-0.4, -0.2) is 40.9 Å². The van der Waals surface area contributed by atoms with Crippen molar-refractivity contribution in [3.63, 3.8) is 0 Å². The maximum atomic E-state index is 13.4. The van der Waals surface area contributed by atoms with E-state index in [1.54, 1.807) is 6.07 Å². The van der Waals surface area contributed by atoms with E-state index in [9.17, 15) is 14.9 Å². The molecule has 0 aliphatic carbocycles. The maximum absolute atomic E-state index is 13.4.